The largest absolute Gasteiger partial charge is 0.345 e. The Bertz CT molecular complexity index is 341. The monoisotopic (exact) mass is 166 g/mol. The Labute approximate surface area is 69.8 Å². The van der Waals surface area contributed by atoms with E-state index in [0.29, 0.717) is 0 Å². The van der Waals surface area contributed by atoms with Crippen molar-refractivity contribution < 1.29 is 4.79 Å². The molecule has 0 radical (unpaired) electrons. The third-order valence-corrected chi connectivity index (χ3v) is 1.45. The smallest absolute Gasteiger partial charge is 0.260 e. The molecule has 0 spiro atoms. The predicted octanol–water partition coefficient (Wildman–Crippen LogP) is 0.0767. The zero-order chi connectivity index (χ0) is 9.14. The van der Waals surface area contributed by atoms with Gasteiger partial charge in [0.2, 0.25) is 0 Å². The number of H-pyrrole nitrogens is 1. The quantitative estimate of drug-likeness (QED) is 0.642. The van der Waals surface area contributed by atoms with Crippen LogP contribution < -0.4 is 5.56 Å². The van der Waals surface area contributed by atoms with Crippen LogP contribution in [0.4, 0.5) is 0 Å². The van der Waals surface area contributed by atoms with E-state index in [9.17, 15) is 9.59 Å². The molecule has 0 saturated heterocycles. The van der Waals surface area contributed by atoms with Crippen molar-refractivity contribution in [1.82, 2.24) is 9.88 Å². The molecule has 1 N–H and O–H groups in total. The van der Waals surface area contributed by atoms with Gasteiger partial charge >= 0.3 is 0 Å². The van der Waals surface area contributed by atoms with Crippen LogP contribution >= 0.6 is 0 Å². The van der Waals surface area contributed by atoms with Gasteiger partial charge in [-0.3, -0.25) is 9.59 Å². The van der Waals surface area contributed by atoms with Crippen LogP contribution in [0.1, 0.15) is 10.4 Å². The highest BCUT2D eigenvalue weighted by atomic mass is 16.2. The second kappa shape index (κ2) is 3.21. The lowest BCUT2D eigenvalue weighted by Crippen LogP contribution is -2.28. The van der Waals surface area contributed by atoms with Crippen LogP contribution in [0.5, 0.6) is 0 Å². The average Bonchev–Trinajstić information content (AvgIpc) is 2.04. The zero-order valence-electron chi connectivity index (χ0n) is 7.00. The van der Waals surface area contributed by atoms with E-state index in [1.54, 1.807) is 20.2 Å². The van der Waals surface area contributed by atoms with Gasteiger partial charge in [-0.1, -0.05) is 0 Å². The third-order valence-electron chi connectivity index (χ3n) is 1.45. The molecule has 1 aromatic heterocycles. The number of nitrogens with one attached hydrogen (secondary N) is 1. The summed E-state index contributed by atoms with van der Waals surface area (Å²) in [5, 5.41) is 0. The molecule has 0 aromatic carbocycles. The maximum atomic E-state index is 11.3. The van der Waals surface area contributed by atoms with E-state index >= 15 is 0 Å². The van der Waals surface area contributed by atoms with Crippen molar-refractivity contribution in [2.45, 2.75) is 0 Å². The number of amides is 1. The van der Waals surface area contributed by atoms with Crippen LogP contribution in [0, 0.1) is 0 Å². The number of carbonyl (C=O) groups excluding carboxylic acids is 1. The van der Waals surface area contributed by atoms with Crippen molar-refractivity contribution in [3.63, 3.8) is 0 Å². The van der Waals surface area contributed by atoms with Crippen molar-refractivity contribution in [1.29, 1.82) is 0 Å². The van der Waals surface area contributed by atoms with Crippen molar-refractivity contribution in [2.24, 2.45) is 0 Å². The predicted molar refractivity (Wildman–Crippen MR) is 45.1 cm³/mol. The minimum atomic E-state index is -0.351. The highest BCUT2D eigenvalue weighted by Gasteiger charge is 2.10. The molecule has 0 fully saturated rings. The molecule has 0 aliphatic rings. The summed E-state index contributed by atoms with van der Waals surface area (Å²) in [5.74, 6) is -0.281. The summed E-state index contributed by atoms with van der Waals surface area (Å²) in [4.78, 5) is 26.1. The van der Waals surface area contributed by atoms with Gasteiger partial charge in [0.1, 0.15) is 5.56 Å². The summed E-state index contributed by atoms with van der Waals surface area (Å²) >= 11 is 0. The summed E-state index contributed by atoms with van der Waals surface area (Å²) in [7, 11) is 3.21. The van der Waals surface area contributed by atoms with Crippen molar-refractivity contribution in [2.75, 3.05) is 14.1 Å². The first-order chi connectivity index (χ1) is 5.63. The van der Waals surface area contributed by atoms with Gasteiger partial charge < -0.3 is 9.88 Å². The lowest BCUT2D eigenvalue weighted by atomic mass is 10.2. The SMILES string of the molecule is CN(C)C(=O)c1ccc[nH]c1=O. The lowest BCUT2D eigenvalue weighted by molar-refractivity contribution is 0.0826. The van der Waals surface area contributed by atoms with Crippen LogP contribution in [0.25, 0.3) is 0 Å². The van der Waals surface area contributed by atoms with Crippen LogP contribution in [0.3, 0.4) is 0 Å². The molecule has 0 atom stereocenters. The van der Waals surface area contributed by atoms with Crippen molar-refractivity contribution in [3.8, 4) is 0 Å². The van der Waals surface area contributed by atoms with E-state index in [2.05, 4.69) is 4.98 Å². The number of pyridine rings is 1. The molecule has 1 amide bonds. The van der Waals surface area contributed by atoms with Crippen LogP contribution in [-0.2, 0) is 0 Å². The van der Waals surface area contributed by atoms with Crippen LogP contribution in [-0.4, -0.2) is 29.9 Å². The Hall–Kier alpha value is -1.58. The molecule has 0 bridgehead atoms. The van der Waals surface area contributed by atoms with E-state index in [1.165, 1.54) is 17.2 Å². The van der Waals surface area contributed by atoms with Gasteiger partial charge in [-0.2, -0.15) is 0 Å². The average molecular weight is 166 g/mol. The molecule has 64 valence electrons. The molecule has 0 aliphatic carbocycles. The van der Waals surface area contributed by atoms with E-state index in [0.717, 1.165) is 0 Å². The number of aromatic amines is 1. The van der Waals surface area contributed by atoms with Crippen LogP contribution in [0.2, 0.25) is 0 Å². The molecule has 0 unspecified atom stereocenters. The Morgan fingerprint density at radius 3 is 2.67 bits per heavy atom. The Morgan fingerprint density at radius 2 is 2.17 bits per heavy atom. The molecule has 4 nitrogen and oxygen atoms in total. The molecule has 12 heavy (non-hydrogen) atoms. The number of hydrogen-bond acceptors (Lipinski definition) is 2. The number of aromatic nitrogens is 1. The summed E-state index contributed by atoms with van der Waals surface area (Å²) in [5.41, 5.74) is -0.182. The molecule has 1 aromatic rings. The fourth-order valence-electron chi connectivity index (χ4n) is 0.831. The summed E-state index contributed by atoms with van der Waals surface area (Å²) in [6.07, 6.45) is 1.49. The normalized spacial score (nSPS) is 9.50. The van der Waals surface area contributed by atoms with Crippen molar-refractivity contribution >= 4 is 5.91 Å². The van der Waals surface area contributed by atoms with E-state index < -0.39 is 0 Å². The van der Waals surface area contributed by atoms with Gasteiger partial charge in [0.15, 0.2) is 0 Å². The Kier molecular flexibility index (Phi) is 2.28. The van der Waals surface area contributed by atoms with E-state index in [-0.39, 0.29) is 17.0 Å². The van der Waals surface area contributed by atoms with Gasteiger partial charge in [-0.25, -0.2) is 0 Å². The van der Waals surface area contributed by atoms with Crippen LogP contribution in [0.15, 0.2) is 23.1 Å². The maximum Gasteiger partial charge on any atom is 0.260 e. The van der Waals surface area contributed by atoms with Gasteiger partial charge in [0.05, 0.1) is 0 Å². The fraction of sp³-hybridized carbons (Fsp3) is 0.250. The lowest BCUT2D eigenvalue weighted by Gasteiger charge is -2.08. The molecule has 0 aliphatic heterocycles. The van der Waals surface area contributed by atoms with Gasteiger partial charge in [-0.05, 0) is 12.1 Å². The molecule has 1 rings (SSSR count). The minimum absolute atomic E-state index is 0.169. The summed E-state index contributed by atoms with van der Waals surface area (Å²) in [6, 6.07) is 3.12. The molecular weight excluding hydrogens is 156 g/mol. The summed E-state index contributed by atoms with van der Waals surface area (Å²) in [6.45, 7) is 0. The first-order valence-electron chi connectivity index (χ1n) is 3.52. The molecular formula is C8H10N2O2. The van der Waals surface area contributed by atoms with Crippen molar-refractivity contribution in [3.05, 3.63) is 34.2 Å². The molecule has 4 heteroatoms. The Morgan fingerprint density at radius 1 is 1.50 bits per heavy atom. The summed E-state index contributed by atoms with van der Waals surface area (Å²) < 4.78 is 0. The Balaban J connectivity index is 3.12. The van der Waals surface area contributed by atoms with Gasteiger partial charge in [0, 0.05) is 20.3 Å². The first-order valence-corrected chi connectivity index (χ1v) is 3.52. The highest BCUT2D eigenvalue weighted by molar-refractivity contribution is 5.93. The van der Waals surface area contributed by atoms with E-state index in [4.69, 9.17) is 0 Å². The molecule has 1 heterocycles. The highest BCUT2D eigenvalue weighted by Crippen LogP contribution is 1.93. The first kappa shape index (κ1) is 8.52. The minimum Gasteiger partial charge on any atom is -0.345 e. The standard InChI is InChI=1S/C8H10N2O2/c1-10(2)8(12)6-4-3-5-9-7(6)11/h3-5H,1-2H3,(H,9,11). The number of hydrogen-bond donors (Lipinski definition) is 1. The van der Waals surface area contributed by atoms with Gasteiger partial charge in [-0.15, -0.1) is 0 Å². The number of rotatable bonds is 1. The second-order valence-electron chi connectivity index (χ2n) is 2.61. The van der Waals surface area contributed by atoms with Gasteiger partial charge in [0.25, 0.3) is 11.5 Å². The maximum absolute atomic E-state index is 11.3. The van der Waals surface area contributed by atoms with E-state index in [1.807, 2.05) is 0 Å². The second-order valence-corrected chi connectivity index (χ2v) is 2.61. The number of carbonyl (C=O) groups is 1. The molecule has 0 saturated carbocycles. The third kappa shape index (κ3) is 1.53. The fourth-order valence-corrected chi connectivity index (χ4v) is 0.831. The topological polar surface area (TPSA) is 53.2 Å². The number of nitrogens with zero attached hydrogens (tertiary/aromatic N) is 1. The zero-order valence-corrected chi connectivity index (χ0v) is 7.00.